The molecule has 0 spiro atoms. The number of aromatic nitrogens is 1. The second kappa shape index (κ2) is 11.4. The number of benzene rings is 1. The van der Waals surface area contributed by atoms with Crippen molar-refractivity contribution in [2.24, 2.45) is 0 Å². The largest absolute Gasteiger partial charge is 0.483 e. The smallest absolute Gasteiger partial charge is 0.275 e. The van der Waals surface area contributed by atoms with E-state index in [4.69, 9.17) is 4.74 Å². The van der Waals surface area contributed by atoms with E-state index < -0.39 is 39.3 Å². The maximum atomic E-state index is 13.5. The van der Waals surface area contributed by atoms with Crippen LogP contribution in [0.2, 0.25) is 0 Å². The van der Waals surface area contributed by atoms with Crippen molar-refractivity contribution in [2.45, 2.75) is 26.2 Å². The number of hydrogen-bond acceptors (Lipinski definition) is 6. The van der Waals surface area contributed by atoms with Gasteiger partial charge in [0.2, 0.25) is 15.5 Å². The van der Waals surface area contributed by atoms with Gasteiger partial charge in [-0.05, 0) is 24.6 Å². The summed E-state index contributed by atoms with van der Waals surface area (Å²) in [6.07, 6.45) is 5.25. The molecule has 39 heavy (non-hydrogen) atoms. The van der Waals surface area contributed by atoms with E-state index in [1.807, 2.05) is 6.07 Å². The maximum absolute atomic E-state index is 13.5. The number of fused-ring (bicyclic) bond motifs is 2. The Bertz CT molecular complexity index is 1530. The average molecular weight is 557 g/mol. The lowest BCUT2D eigenvalue weighted by atomic mass is 10.1. The number of halogens is 1. The third-order valence-electron chi connectivity index (χ3n) is 6.46. The topological polar surface area (TPSA) is 118 Å². The van der Waals surface area contributed by atoms with Crippen molar-refractivity contribution >= 4 is 21.8 Å². The summed E-state index contributed by atoms with van der Waals surface area (Å²) in [4.78, 5) is 41.5. The minimum atomic E-state index is -3.61. The van der Waals surface area contributed by atoms with Crippen LogP contribution in [-0.2, 0) is 23.2 Å². The number of sulfonamides is 1. The summed E-state index contributed by atoms with van der Waals surface area (Å²) in [6, 6.07) is 9.02. The molecule has 2 aromatic rings. The fourth-order valence-electron chi connectivity index (χ4n) is 4.48. The zero-order valence-corrected chi connectivity index (χ0v) is 22.4. The number of rotatable bonds is 9. The number of nitrogens with one attached hydrogen (secondary N) is 1. The summed E-state index contributed by atoms with van der Waals surface area (Å²) in [5.41, 5.74) is 0.281. The molecule has 3 heterocycles. The molecule has 1 aromatic carbocycles. The van der Waals surface area contributed by atoms with Crippen LogP contribution in [0.3, 0.4) is 0 Å². The minimum absolute atomic E-state index is 0.0148. The Hall–Kier alpha value is -4.03. The quantitative estimate of drug-likeness (QED) is 0.474. The SMILES string of the molecule is C=C/C(F)=C\C=C(/C)CNC(=O)c1cn2c(c(OCc3ccccc3)c1=O)C(=O)N1CCN(S(C)(=O)=O)C1C2. The highest BCUT2D eigenvalue weighted by Gasteiger charge is 2.45. The van der Waals surface area contributed by atoms with Crippen molar-refractivity contribution in [2.75, 3.05) is 25.9 Å². The van der Waals surface area contributed by atoms with E-state index in [9.17, 15) is 27.2 Å². The third kappa shape index (κ3) is 6.02. The molecule has 1 unspecified atom stereocenters. The first-order chi connectivity index (χ1) is 18.5. The van der Waals surface area contributed by atoms with Crippen LogP contribution in [-0.4, -0.2) is 66.1 Å². The Kier molecular flexibility index (Phi) is 8.17. The molecule has 1 aromatic heterocycles. The van der Waals surface area contributed by atoms with Gasteiger partial charge < -0.3 is 19.5 Å². The van der Waals surface area contributed by atoms with Crippen LogP contribution in [0.25, 0.3) is 0 Å². The normalized spacial score (nSPS) is 18.0. The van der Waals surface area contributed by atoms with Gasteiger partial charge in [-0.1, -0.05) is 48.6 Å². The Labute approximate surface area is 225 Å². The molecular weight excluding hydrogens is 527 g/mol. The molecule has 1 saturated heterocycles. The predicted octanol–water partition coefficient (Wildman–Crippen LogP) is 2.20. The molecule has 1 atom stereocenters. The molecule has 2 aliphatic rings. The zero-order chi connectivity index (χ0) is 28.3. The molecule has 4 rings (SSSR count). The Morgan fingerprint density at radius 2 is 1.92 bits per heavy atom. The molecule has 0 bridgehead atoms. The van der Waals surface area contributed by atoms with Crippen molar-refractivity contribution in [1.82, 2.24) is 19.1 Å². The Balaban J connectivity index is 1.71. The van der Waals surface area contributed by atoms with E-state index in [2.05, 4.69) is 11.9 Å². The first-order valence-corrected chi connectivity index (χ1v) is 14.0. The molecule has 2 aliphatic heterocycles. The van der Waals surface area contributed by atoms with E-state index >= 15 is 0 Å². The van der Waals surface area contributed by atoms with E-state index in [1.165, 1.54) is 32.1 Å². The van der Waals surface area contributed by atoms with Crippen molar-refractivity contribution in [3.8, 4) is 5.75 Å². The van der Waals surface area contributed by atoms with Crippen LogP contribution in [0, 0.1) is 0 Å². The van der Waals surface area contributed by atoms with Crippen LogP contribution in [0.4, 0.5) is 4.39 Å². The maximum Gasteiger partial charge on any atom is 0.275 e. The lowest BCUT2D eigenvalue weighted by Gasteiger charge is -2.35. The van der Waals surface area contributed by atoms with Gasteiger partial charge in [-0.3, -0.25) is 14.4 Å². The molecule has 2 amide bonds. The van der Waals surface area contributed by atoms with E-state index in [1.54, 1.807) is 31.2 Å². The lowest BCUT2D eigenvalue weighted by Crippen LogP contribution is -2.52. The number of amides is 2. The molecule has 0 saturated carbocycles. The molecular formula is C27H29FN4O6S. The van der Waals surface area contributed by atoms with Gasteiger partial charge >= 0.3 is 0 Å². The number of allylic oxidation sites excluding steroid dienone is 4. The Morgan fingerprint density at radius 1 is 1.21 bits per heavy atom. The highest BCUT2D eigenvalue weighted by atomic mass is 32.2. The number of ether oxygens (including phenoxy) is 1. The predicted molar refractivity (Wildman–Crippen MR) is 143 cm³/mol. The second-order valence-electron chi connectivity index (χ2n) is 9.28. The van der Waals surface area contributed by atoms with Crippen LogP contribution >= 0.6 is 0 Å². The molecule has 1 N–H and O–H groups in total. The highest BCUT2D eigenvalue weighted by molar-refractivity contribution is 7.88. The van der Waals surface area contributed by atoms with Gasteiger partial charge in [0.1, 0.15) is 24.2 Å². The van der Waals surface area contributed by atoms with Gasteiger partial charge in [0.15, 0.2) is 11.4 Å². The zero-order valence-electron chi connectivity index (χ0n) is 21.6. The number of carbonyl (C=O) groups is 2. The number of nitrogens with zero attached hydrogens (tertiary/aromatic N) is 3. The number of pyridine rings is 1. The van der Waals surface area contributed by atoms with Crippen molar-refractivity contribution < 1.29 is 27.1 Å². The molecule has 12 heteroatoms. The molecule has 1 fully saturated rings. The summed E-state index contributed by atoms with van der Waals surface area (Å²) >= 11 is 0. The number of carbonyl (C=O) groups excluding carboxylic acids is 2. The van der Waals surface area contributed by atoms with Gasteiger partial charge in [0.25, 0.3) is 11.8 Å². The van der Waals surface area contributed by atoms with Crippen molar-refractivity contribution in [3.63, 3.8) is 0 Å². The van der Waals surface area contributed by atoms with Crippen LogP contribution in [0.5, 0.6) is 5.75 Å². The van der Waals surface area contributed by atoms with Crippen LogP contribution < -0.4 is 15.5 Å². The molecule has 206 valence electrons. The summed E-state index contributed by atoms with van der Waals surface area (Å²) in [5, 5.41) is 2.62. The lowest BCUT2D eigenvalue weighted by molar-refractivity contribution is 0.0591. The molecule has 0 radical (unpaired) electrons. The minimum Gasteiger partial charge on any atom is -0.483 e. The van der Waals surface area contributed by atoms with E-state index in [-0.39, 0.29) is 49.8 Å². The van der Waals surface area contributed by atoms with Crippen molar-refractivity contribution in [1.29, 1.82) is 0 Å². The van der Waals surface area contributed by atoms with Gasteiger partial charge in [0, 0.05) is 25.8 Å². The monoisotopic (exact) mass is 556 g/mol. The van der Waals surface area contributed by atoms with E-state index in [0.717, 1.165) is 17.9 Å². The average Bonchev–Trinajstić information content (AvgIpc) is 3.35. The Morgan fingerprint density at radius 3 is 2.59 bits per heavy atom. The van der Waals surface area contributed by atoms with Crippen LogP contribution in [0.15, 0.2) is 77.5 Å². The summed E-state index contributed by atoms with van der Waals surface area (Å²) in [7, 11) is -3.61. The van der Waals surface area contributed by atoms with Crippen molar-refractivity contribution in [3.05, 3.63) is 99.8 Å². The van der Waals surface area contributed by atoms with Gasteiger partial charge in [-0.2, -0.15) is 4.31 Å². The fraction of sp³-hybridized carbons (Fsp3) is 0.296. The third-order valence-corrected chi connectivity index (χ3v) is 7.74. The summed E-state index contributed by atoms with van der Waals surface area (Å²) in [6.45, 7) is 5.30. The van der Waals surface area contributed by atoms with Gasteiger partial charge in [-0.25, -0.2) is 12.8 Å². The van der Waals surface area contributed by atoms with Crippen LogP contribution in [0.1, 0.15) is 33.3 Å². The van der Waals surface area contributed by atoms with E-state index in [0.29, 0.717) is 5.57 Å². The molecule has 0 aliphatic carbocycles. The van der Waals surface area contributed by atoms with Gasteiger partial charge in [0.05, 0.1) is 12.8 Å². The second-order valence-corrected chi connectivity index (χ2v) is 11.2. The summed E-state index contributed by atoms with van der Waals surface area (Å²) < 4.78 is 46.5. The molecule has 10 nitrogen and oxygen atoms in total. The highest BCUT2D eigenvalue weighted by Crippen LogP contribution is 2.30. The first kappa shape index (κ1) is 28.0. The fourth-order valence-corrected chi connectivity index (χ4v) is 5.51. The standard InChI is InChI=1S/C27H29FN4O6S/c1-4-20(28)11-10-18(2)14-29-26(34)21-15-30-16-22-31(12-13-32(22)39(3,36)37)27(35)23(30)25(24(21)33)38-17-19-8-6-5-7-9-19/h4-11,15,22H,1,12-14,16-17H2,2-3H3,(H,29,34)/b18-10+,20-11+. The van der Waals surface area contributed by atoms with Gasteiger partial charge in [-0.15, -0.1) is 0 Å². The summed E-state index contributed by atoms with van der Waals surface area (Å²) in [5.74, 6) is -2.10. The number of hydrogen-bond donors (Lipinski definition) is 1. The first-order valence-electron chi connectivity index (χ1n) is 12.2.